The Morgan fingerprint density at radius 3 is 2.23 bits per heavy atom. The molecular weight excluding hydrogens is 429 g/mol. The number of hydrogen-bond donors (Lipinski definition) is 0. The zero-order valence-electron chi connectivity index (χ0n) is 16.8. The molecular formula is C22H21F3N2O3S. The summed E-state index contributed by atoms with van der Waals surface area (Å²) in [6, 6.07) is 10.5. The van der Waals surface area contributed by atoms with Gasteiger partial charge >= 0.3 is 6.18 Å². The second-order valence-corrected chi connectivity index (χ2v) is 9.74. The highest BCUT2D eigenvalue weighted by molar-refractivity contribution is 7.96. The second-order valence-electron chi connectivity index (χ2n) is 7.85. The van der Waals surface area contributed by atoms with Crippen molar-refractivity contribution in [3.05, 3.63) is 65.2 Å². The minimum absolute atomic E-state index is 0.0499. The Morgan fingerprint density at radius 2 is 1.61 bits per heavy atom. The summed E-state index contributed by atoms with van der Waals surface area (Å²) in [5.74, 6) is -0.122. The molecule has 0 bridgehead atoms. The second kappa shape index (κ2) is 7.71. The van der Waals surface area contributed by atoms with Gasteiger partial charge in [0.2, 0.25) is 9.84 Å². The van der Waals surface area contributed by atoms with Gasteiger partial charge in [-0.05, 0) is 55.2 Å². The molecule has 0 aliphatic carbocycles. The molecule has 2 aliphatic rings. The Labute approximate surface area is 178 Å². The molecule has 1 saturated heterocycles. The zero-order chi connectivity index (χ0) is 22.4. The van der Waals surface area contributed by atoms with E-state index in [4.69, 9.17) is 0 Å². The first-order valence-electron chi connectivity index (χ1n) is 9.91. The van der Waals surface area contributed by atoms with Crippen LogP contribution in [0.1, 0.15) is 25.3 Å². The number of carbonyl (C=O) groups excluding carboxylic acids is 1. The summed E-state index contributed by atoms with van der Waals surface area (Å²) in [7, 11) is -4.07. The Morgan fingerprint density at radius 1 is 1.00 bits per heavy atom. The van der Waals surface area contributed by atoms with Crippen molar-refractivity contribution in [3.8, 4) is 0 Å². The number of benzene rings is 2. The molecule has 9 heteroatoms. The minimum atomic E-state index is -4.48. The number of para-hydroxylation sites is 1. The van der Waals surface area contributed by atoms with Crippen LogP contribution in [0.3, 0.4) is 0 Å². The van der Waals surface area contributed by atoms with Gasteiger partial charge < -0.3 is 9.80 Å². The summed E-state index contributed by atoms with van der Waals surface area (Å²) in [6.45, 7) is 3.02. The SMILES string of the molecule is CC1CCN(C(=O)C2=CN(c3ccc(C(F)(F)F)cc3)c3ccccc3S2(=O)=O)CC1. The van der Waals surface area contributed by atoms with Crippen molar-refractivity contribution in [2.24, 2.45) is 5.92 Å². The molecule has 0 atom stereocenters. The molecule has 0 unspecified atom stereocenters. The maximum atomic E-state index is 13.2. The smallest absolute Gasteiger partial charge is 0.338 e. The van der Waals surface area contributed by atoms with Gasteiger partial charge in [0.1, 0.15) is 0 Å². The number of likely N-dealkylation sites (tertiary alicyclic amines) is 1. The zero-order valence-corrected chi connectivity index (χ0v) is 17.6. The van der Waals surface area contributed by atoms with E-state index in [9.17, 15) is 26.4 Å². The molecule has 2 aromatic rings. The number of hydrogen-bond acceptors (Lipinski definition) is 4. The first-order valence-corrected chi connectivity index (χ1v) is 11.4. The van der Waals surface area contributed by atoms with Crippen molar-refractivity contribution in [1.29, 1.82) is 0 Å². The molecule has 2 heterocycles. The van der Waals surface area contributed by atoms with Gasteiger partial charge in [0.15, 0.2) is 4.91 Å². The van der Waals surface area contributed by atoms with Gasteiger partial charge in [0.05, 0.1) is 16.1 Å². The average molecular weight is 450 g/mol. The number of nitrogens with zero attached hydrogens (tertiary/aromatic N) is 2. The largest absolute Gasteiger partial charge is 0.416 e. The van der Waals surface area contributed by atoms with E-state index >= 15 is 0 Å². The lowest BCUT2D eigenvalue weighted by atomic mass is 9.99. The Bertz CT molecular complexity index is 1130. The quantitative estimate of drug-likeness (QED) is 0.664. The van der Waals surface area contributed by atoms with Gasteiger partial charge in [0.25, 0.3) is 5.91 Å². The highest BCUT2D eigenvalue weighted by Crippen LogP contribution is 2.41. The Hall–Kier alpha value is -2.81. The fourth-order valence-corrected chi connectivity index (χ4v) is 5.36. The summed E-state index contributed by atoms with van der Waals surface area (Å²) in [5.41, 5.74) is -0.198. The van der Waals surface area contributed by atoms with Crippen LogP contribution in [0.25, 0.3) is 0 Å². The van der Waals surface area contributed by atoms with E-state index in [0.29, 0.717) is 24.7 Å². The normalized spacial score (nSPS) is 19.0. The van der Waals surface area contributed by atoms with Crippen molar-refractivity contribution in [3.63, 3.8) is 0 Å². The van der Waals surface area contributed by atoms with Gasteiger partial charge in [-0.1, -0.05) is 19.1 Å². The number of sulfone groups is 1. The number of piperidine rings is 1. The molecule has 1 amide bonds. The van der Waals surface area contributed by atoms with Crippen LogP contribution in [0.2, 0.25) is 0 Å². The van der Waals surface area contributed by atoms with Crippen molar-refractivity contribution >= 4 is 27.1 Å². The van der Waals surface area contributed by atoms with Crippen LogP contribution in [0.15, 0.2) is 64.5 Å². The summed E-state index contributed by atoms with van der Waals surface area (Å²) < 4.78 is 65.3. The summed E-state index contributed by atoms with van der Waals surface area (Å²) >= 11 is 0. The first-order chi connectivity index (χ1) is 14.6. The lowest BCUT2D eigenvalue weighted by Gasteiger charge is -2.33. The molecule has 1 fully saturated rings. The molecule has 4 rings (SSSR count). The molecule has 0 N–H and O–H groups in total. The van der Waals surface area contributed by atoms with Crippen LogP contribution in [-0.2, 0) is 20.8 Å². The maximum Gasteiger partial charge on any atom is 0.416 e. The molecule has 2 aliphatic heterocycles. The van der Waals surface area contributed by atoms with E-state index < -0.39 is 27.5 Å². The monoisotopic (exact) mass is 450 g/mol. The molecule has 0 aromatic heterocycles. The summed E-state index contributed by atoms with van der Waals surface area (Å²) in [5, 5.41) is 0. The molecule has 5 nitrogen and oxygen atoms in total. The Balaban J connectivity index is 1.78. The lowest BCUT2D eigenvalue weighted by Crippen LogP contribution is -2.41. The van der Waals surface area contributed by atoms with Crippen LogP contribution in [0.5, 0.6) is 0 Å². The predicted octanol–water partition coefficient (Wildman–Crippen LogP) is 4.73. The molecule has 31 heavy (non-hydrogen) atoms. The van der Waals surface area contributed by atoms with Crippen molar-refractivity contribution in [2.75, 3.05) is 18.0 Å². The van der Waals surface area contributed by atoms with E-state index in [1.54, 1.807) is 18.2 Å². The number of fused-ring (bicyclic) bond motifs is 1. The summed E-state index contributed by atoms with van der Waals surface area (Å²) in [6.07, 6.45) is -1.68. The summed E-state index contributed by atoms with van der Waals surface area (Å²) in [4.78, 5) is 15.7. The topological polar surface area (TPSA) is 57.7 Å². The maximum absolute atomic E-state index is 13.2. The average Bonchev–Trinajstić information content (AvgIpc) is 2.74. The molecule has 0 saturated carbocycles. The van der Waals surface area contributed by atoms with Gasteiger partial charge in [-0.15, -0.1) is 0 Å². The lowest BCUT2D eigenvalue weighted by molar-refractivity contribution is -0.137. The van der Waals surface area contributed by atoms with Crippen molar-refractivity contribution < 1.29 is 26.4 Å². The molecule has 0 spiro atoms. The van der Waals surface area contributed by atoms with E-state index in [2.05, 4.69) is 6.92 Å². The van der Waals surface area contributed by atoms with E-state index in [-0.39, 0.29) is 15.5 Å². The Kier molecular flexibility index (Phi) is 5.33. The highest BCUT2D eigenvalue weighted by Gasteiger charge is 2.38. The van der Waals surface area contributed by atoms with Crippen LogP contribution in [0.4, 0.5) is 24.5 Å². The number of rotatable bonds is 2. The van der Waals surface area contributed by atoms with E-state index in [1.165, 1.54) is 34.2 Å². The number of alkyl halides is 3. The highest BCUT2D eigenvalue weighted by atomic mass is 32.2. The number of anilines is 2. The van der Waals surface area contributed by atoms with E-state index in [1.807, 2.05) is 0 Å². The third-order valence-electron chi connectivity index (χ3n) is 5.70. The number of carbonyl (C=O) groups is 1. The van der Waals surface area contributed by atoms with Gasteiger partial charge in [-0.25, -0.2) is 8.42 Å². The fourth-order valence-electron chi connectivity index (χ4n) is 3.82. The molecule has 164 valence electrons. The van der Waals surface area contributed by atoms with Crippen LogP contribution >= 0.6 is 0 Å². The molecule has 0 radical (unpaired) electrons. The third-order valence-corrected chi connectivity index (χ3v) is 7.49. The fraction of sp³-hybridized carbons (Fsp3) is 0.318. The first kappa shape index (κ1) is 21.4. The van der Waals surface area contributed by atoms with E-state index in [0.717, 1.165) is 25.0 Å². The van der Waals surface area contributed by atoms with Crippen molar-refractivity contribution in [1.82, 2.24) is 4.90 Å². The third kappa shape index (κ3) is 3.94. The van der Waals surface area contributed by atoms with Crippen LogP contribution < -0.4 is 4.90 Å². The predicted molar refractivity (Wildman–Crippen MR) is 110 cm³/mol. The van der Waals surface area contributed by atoms with Crippen LogP contribution in [0, 0.1) is 5.92 Å². The number of amides is 1. The van der Waals surface area contributed by atoms with Gasteiger partial charge in [0, 0.05) is 25.0 Å². The molecule has 2 aromatic carbocycles. The van der Waals surface area contributed by atoms with Gasteiger partial charge in [-0.2, -0.15) is 13.2 Å². The van der Waals surface area contributed by atoms with Crippen molar-refractivity contribution in [2.45, 2.75) is 30.8 Å². The van der Waals surface area contributed by atoms with Gasteiger partial charge in [-0.3, -0.25) is 4.79 Å². The minimum Gasteiger partial charge on any atom is -0.338 e. The van der Waals surface area contributed by atoms with Crippen LogP contribution in [-0.4, -0.2) is 32.3 Å². The number of halogens is 3. The standard InChI is InChI=1S/C22H21F3N2O3S/c1-15-10-12-26(13-11-15)21(28)20-14-27(17-8-6-16(7-9-17)22(23,24)25)18-4-2-3-5-19(18)31(20,29)30/h2-9,14-15H,10-13H2,1H3.